The number of hydrogen-bond acceptors (Lipinski definition) is 3. The molecule has 0 N–H and O–H groups in total. The maximum Gasteiger partial charge on any atom is 1.00 e. The minimum absolute atomic E-state index is 0. The Morgan fingerprint density at radius 1 is 1.33 bits per heavy atom. The Morgan fingerprint density at radius 3 is 2.13 bits per heavy atom. The summed E-state index contributed by atoms with van der Waals surface area (Å²) in [6.45, 7) is 2.00. The number of hydrogen-bond donors (Lipinski definition) is 0. The van der Waals surface area contributed by atoms with Crippen LogP contribution in [0.1, 0.15) is 12.5 Å². The molecule has 15 heavy (non-hydrogen) atoms. The zero-order valence-corrected chi connectivity index (χ0v) is 14.1. The van der Waals surface area contributed by atoms with Crippen molar-refractivity contribution in [2.75, 3.05) is 0 Å². The Balaban J connectivity index is 0.00000196. The maximum absolute atomic E-state index is 10.6. The molecule has 0 fully saturated rings. The molecule has 0 heterocycles. The molecule has 0 aliphatic heterocycles. The van der Waals surface area contributed by atoms with E-state index < -0.39 is 10.1 Å². The molecule has 1 unspecified atom stereocenters. The summed E-state index contributed by atoms with van der Waals surface area (Å²) in [5, 5.41) is 0. The minimum Gasteiger partial charge on any atom is -0.744 e. The summed E-state index contributed by atoms with van der Waals surface area (Å²) in [6.07, 6.45) is 0.805. The average molecular weight is 317 g/mol. The van der Waals surface area contributed by atoms with E-state index >= 15 is 0 Å². The Kier molecular flexibility index (Phi) is 7.42. The Labute approximate surface area is 141 Å². The first kappa shape index (κ1) is 16.2. The molecule has 0 bridgehead atoms. The summed E-state index contributed by atoms with van der Waals surface area (Å²) in [6, 6.07) is 5.99. The molecule has 1 atom stereocenters. The summed E-state index contributed by atoms with van der Waals surface area (Å²) in [4.78, 5) is 0.153. The molecule has 3 nitrogen and oxygen atoms in total. The molecule has 0 saturated heterocycles. The van der Waals surface area contributed by atoms with Crippen LogP contribution < -0.4 is 51.4 Å². The van der Waals surface area contributed by atoms with Crippen molar-refractivity contribution in [1.29, 1.82) is 0 Å². The van der Waals surface area contributed by atoms with Gasteiger partial charge in [0.05, 0.1) is 4.90 Å². The number of rotatable bonds is 3. The van der Waals surface area contributed by atoms with Gasteiger partial charge in [0, 0.05) is 4.83 Å². The SMILES string of the molecule is CC(Br)Cc1ccc(S(=O)(=O)[O-])cc1.[K+]. The van der Waals surface area contributed by atoms with E-state index in [9.17, 15) is 13.0 Å². The second kappa shape index (κ2) is 6.85. The van der Waals surface area contributed by atoms with E-state index in [4.69, 9.17) is 0 Å². The van der Waals surface area contributed by atoms with Gasteiger partial charge in [-0.1, -0.05) is 35.0 Å². The van der Waals surface area contributed by atoms with Gasteiger partial charge < -0.3 is 4.55 Å². The van der Waals surface area contributed by atoms with Gasteiger partial charge in [0.15, 0.2) is 0 Å². The molecule has 0 aliphatic rings. The van der Waals surface area contributed by atoms with E-state index in [0.717, 1.165) is 12.0 Å². The predicted molar refractivity (Wildman–Crippen MR) is 56.5 cm³/mol. The van der Waals surface area contributed by atoms with Crippen molar-refractivity contribution in [3.8, 4) is 0 Å². The molecule has 0 radical (unpaired) electrons. The first-order valence-electron chi connectivity index (χ1n) is 4.08. The number of alkyl halides is 1. The third-order valence-electron chi connectivity index (χ3n) is 1.73. The third kappa shape index (κ3) is 5.93. The second-order valence-corrected chi connectivity index (χ2v) is 6.03. The molecule has 6 heteroatoms. The van der Waals surface area contributed by atoms with Crippen LogP contribution in [0.2, 0.25) is 0 Å². The summed E-state index contributed by atoms with van der Waals surface area (Å²) < 4.78 is 31.8. The van der Waals surface area contributed by atoms with E-state index in [-0.39, 0.29) is 56.3 Å². The van der Waals surface area contributed by atoms with Gasteiger partial charge in [0.25, 0.3) is 0 Å². The van der Waals surface area contributed by atoms with Gasteiger partial charge >= 0.3 is 51.4 Å². The van der Waals surface area contributed by atoms with Crippen LogP contribution >= 0.6 is 15.9 Å². The molecular weight excluding hydrogens is 307 g/mol. The molecular formula is C9H10BrKO3S. The predicted octanol–water partition coefficient (Wildman–Crippen LogP) is -1.08. The van der Waals surface area contributed by atoms with Crippen molar-refractivity contribution in [2.45, 2.75) is 23.1 Å². The smallest absolute Gasteiger partial charge is 0.744 e. The van der Waals surface area contributed by atoms with Crippen molar-refractivity contribution in [3.05, 3.63) is 29.8 Å². The molecule has 0 saturated carbocycles. The summed E-state index contributed by atoms with van der Waals surface area (Å²) in [7, 11) is -4.31. The Hall–Kier alpha value is 1.25. The zero-order chi connectivity index (χ0) is 10.8. The van der Waals surface area contributed by atoms with Gasteiger partial charge in [0.2, 0.25) is 0 Å². The topological polar surface area (TPSA) is 57.2 Å². The molecule has 1 aromatic rings. The van der Waals surface area contributed by atoms with Crippen LogP contribution in [0.15, 0.2) is 29.2 Å². The van der Waals surface area contributed by atoms with Gasteiger partial charge in [-0.05, 0) is 24.1 Å². The van der Waals surface area contributed by atoms with E-state index in [2.05, 4.69) is 15.9 Å². The average Bonchev–Trinajstić information content (AvgIpc) is 2.02. The second-order valence-electron chi connectivity index (χ2n) is 3.08. The van der Waals surface area contributed by atoms with Crippen molar-refractivity contribution >= 4 is 26.0 Å². The number of benzene rings is 1. The first-order chi connectivity index (χ1) is 6.39. The van der Waals surface area contributed by atoms with Crippen LogP contribution in [0, 0.1) is 0 Å². The third-order valence-corrected chi connectivity index (χ3v) is 2.90. The Bertz CT molecular complexity index is 400. The van der Waals surface area contributed by atoms with Gasteiger partial charge in [-0.25, -0.2) is 8.42 Å². The van der Waals surface area contributed by atoms with Crippen LogP contribution in [-0.4, -0.2) is 17.8 Å². The van der Waals surface area contributed by atoms with Gasteiger partial charge in [-0.3, -0.25) is 0 Å². The standard InChI is InChI=1S/C9H11BrO3S.K/c1-7(10)6-8-2-4-9(5-3-8)14(11,12)13;/h2-5,7H,6H2,1H3,(H,11,12,13);/q;+1/p-1. The van der Waals surface area contributed by atoms with Crippen LogP contribution in [-0.2, 0) is 16.5 Å². The fourth-order valence-electron chi connectivity index (χ4n) is 1.12. The fourth-order valence-corrected chi connectivity index (χ4v) is 1.96. The monoisotopic (exact) mass is 316 g/mol. The molecule has 78 valence electrons. The van der Waals surface area contributed by atoms with Crippen LogP contribution in [0.4, 0.5) is 0 Å². The fraction of sp³-hybridized carbons (Fsp3) is 0.333. The molecule has 0 spiro atoms. The summed E-state index contributed by atoms with van der Waals surface area (Å²) >= 11 is 3.39. The van der Waals surface area contributed by atoms with Gasteiger partial charge in [-0.15, -0.1) is 0 Å². The van der Waals surface area contributed by atoms with Gasteiger partial charge in [-0.2, -0.15) is 0 Å². The molecule has 0 aliphatic carbocycles. The van der Waals surface area contributed by atoms with E-state index in [0.29, 0.717) is 4.83 Å². The summed E-state index contributed by atoms with van der Waals surface area (Å²) in [5.41, 5.74) is 1.00. The minimum atomic E-state index is -4.31. The summed E-state index contributed by atoms with van der Waals surface area (Å²) in [5.74, 6) is 0. The van der Waals surface area contributed by atoms with E-state index in [1.807, 2.05) is 6.92 Å². The Morgan fingerprint density at radius 2 is 1.80 bits per heavy atom. The normalized spacial score (nSPS) is 13.0. The maximum atomic E-state index is 10.6. The van der Waals surface area contributed by atoms with Crippen molar-refractivity contribution < 1.29 is 64.4 Å². The number of halogens is 1. The molecule has 0 aromatic heterocycles. The first-order valence-corrected chi connectivity index (χ1v) is 6.41. The molecule has 1 aromatic carbocycles. The molecule has 1 rings (SSSR count). The largest absolute Gasteiger partial charge is 1.00 e. The van der Waals surface area contributed by atoms with E-state index in [1.165, 1.54) is 12.1 Å². The van der Waals surface area contributed by atoms with Crippen LogP contribution in [0.25, 0.3) is 0 Å². The molecule has 0 amide bonds. The van der Waals surface area contributed by atoms with Crippen molar-refractivity contribution in [2.24, 2.45) is 0 Å². The van der Waals surface area contributed by atoms with E-state index in [1.54, 1.807) is 12.1 Å². The van der Waals surface area contributed by atoms with Crippen LogP contribution in [0.3, 0.4) is 0 Å². The van der Waals surface area contributed by atoms with Crippen molar-refractivity contribution in [3.63, 3.8) is 0 Å². The quantitative estimate of drug-likeness (QED) is 0.405. The van der Waals surface area contributed by atoms with Crippen LogP contribution in [0.5, 0.6) is 0 Å². The zero-order valence-electron chi connectivity index (χ0n) is 8.60. The van der Waals surface area contributed by atoms with Crippen molar-refractivity contribution in [1.82, 2.24) is 0 Å². The van der Waals surface area contributed by atoms with Gasteiger partial charge in [0.1, 0.15) is 10.1 Å².